The Morgan fingerprint density at radius 1 is 1.09 bits per heavy atom. The van der Waals surface area contributed by atoms with E-state index in [1.807, 2.05) is 24.3 Å². The van der Waals surface area contributed by atoms with Crippen LogP contribution in [0.25, 0.3) is 11.1 Å². The molecule has 1 aliphatic heterocycles. The average molecular weight is 467 g/mol. The molecule has 180 valence electrons. The summed E-state index contributed by atoms with van der Waals surface area (Å²) in [6.45, 7) is 3.94. The van der Waals surface area contributed by atoms with Crippen molar-refractivity contribution in [2.45, 2.75) is 43.7 Å². The maximum absolute atomic E-state index is 12.8. The third-order valence-electron chi connectivity index (χ3n) is 6.74. The number of carbonyl (C=O) groups excluding carboxylic acids is 2. The van der Waals surface area contributed by atoms with Gasteiger partial charge >= 0.3 is 12.1 Å². The smallest absolute Gasteiger partial charge is 0.407 e. The Labute approximate surface area is 198 Å². The number of hydrogen-bond acceptors (Lipinski definition) is 5. The molecule has 0 bridgehead atoms. The first-order chi connectivity index (χ1) is 16.2. The van der Waals surface area contributed by atoms with Crippen LogP contribution in [0.5, 0.6) is 0 Å². The van der Waals surface area contributed by atoms with E-state index in [-0.39, 0.29) is 37.8 Å². The van der Waals surface area contributed by atoms with E-state index in [0.717, 1.165) is 22.3 Å². The van der Waals surface area contributed by atoms with Crippen molar-refractivity contribution in [3.05, 3.63) is 59.7 Å². The average Bonchev–Trinajstić information content (AvgIpc) is 3.38. The van der Waals surface area contributed by atoms with Gasteiger partial charge in [0.15, 0.2) is 5.60 Å². The number of carbonyl (C=O) groups is 3. The molecule has 4 rings (SSSR count). The van der Waals surface area contributed by atoms with Crippen LogP contribution in [-0.4, -0.2) is 65.9 Å². The Kier molecular flexibility index (Phi) is 6.36. The molecule has 1 atom stereocenters. The van der Waals surface area contributed by atoms with Gasteiger partial charge in [0.25, 0.3) is 0 Å². The summed E-state index contributed by atoms with van der Waals surface area (Å²) in [5, 5.41) is 12.2. The van der Waals surface area contributed by atoms with Gasteiger partial charge in [-0.3, -0.25) is 4.79 Å². The molecular weight excluding hydrogens is 436 g/mol. The van der Waals surface area contributed by atoms with E-state index in [9.17, 15) is 19.5 Å². The van der Waals surface area contributed by atoms with E-state index in [0.29, 0.717) is 6.54 Å². The largest absolute Gasteiger partial charge is 0.479 e. The van der Waals surface area contributed by atoms with Crippen molar-refractivity contribution in [1.82, 2.24) is 10.2 Å². The van der Waals surface area contributed by atoms with E-state index in [4.69, 9.17) is 9.47 Å². The van der Waals surface area contributed by atoms with Crippen LogP contribution in [0.1, 0.15) is 43.7 Å². The topological polar surface area (TPSA) is 105 Å². The van der Waals surface area contributed by atoms with Crippen LogP contribution in [0, 0.1) is 0 Å². The number of nitrogens with zero attached hydrogens (tertiary/aromatic N) is 1. The number of carboxylic acid groups (broad SMARTS) is 1. The molecule has 2 aromatic carbocycles. The standard InChI is InChI=1S/C26H30N2O6/c1-25(2,14-22(29)28-13-12-26(16-28,33-3)23(30)31)27-24(32)34-15-21-19-10-6-4-8-17(19)18-9-5-7-11-20(18)21/h4-11,21H,12-16H2,1-3H3,(H,27,32)(H,30,31). The maximum Gasteiger partial charge on any atom is 0.407 e. The van der Waals surface area contributed by atoms with Crippen molar-refractivity contribution in [1.29, 1.82) is 0 Å². The van der Waals surface area contributed by atoms with Crippen LogP contribution in [-0.2, 0) is 19.1 Å². The molecule has 1 heterocycles. The summed E-state index contributed by atoms with van der Waals surface area (Å²) in [6.07, 6.45) is -0.362. The first-order valence-corrected chi connectivity index (χ1v) is 11.4. The monoisotopic (exact) mass is 466 g/mol. The van der Waals surface area contributed by atoms with Crippen LogP contribution in [0.4, 0.5) is 4.79 Å². The Morgan fingerprint density at radius 2 is 1.68 bits per heavy atom. The number of fused-ring (bicyclic) bond motifs is 3. The van der Waals surface area contributed by atoms with Crippen LogP contribution in [0.15, 0.2) is 48.5 Å². The number of amides is 2. The lowest BCUT2D eigenvalue weighted by Gasteiger charge is -2.29. The van der Waals surface area contributed by atoms with Crippen molar-refractivity contribution in [2.75, 3.05) is 26.8 Å². The van der Waals surface area contributed by atoms with Gasteiger partial charge in [-0.1, -0.05) is 48.5 Å². The highest BCUT2D eigenvalue weighted by Gasteiger charge is 2.47. The SMILES string of the molecule is COC1(C(=O)O)CCN(C(=O)CC(C)(C)NC(=O)OCC2c3ccccc3-c3ccccc32)C1. The van der Waals surface area contributed by atoms with Gasteiger partial charge in [0, 0.05) is 38.0 Å². The predicted octanol–water partition coefficient (Wildman–Crippen LogP) is 3.40. The zero-order valence-corrected chi connectivity index (χ0v) is 19.7. The molecule has 2 aromatic rings. The molecule has 2 N–H and O–H groups in total. The number of carboxylic acids is 1. The third kappa shape index (κ3) is 4.50. The van der Waals surface area contributed by atoms with Gasteiger partial charge in [0.05, 0.1) is 6.54 Å². The number of methoxy groups -OCH3 is 1. The summed E-state index contributed by atoms with van der Waals surface area (Å²) in [7, 11) is 1.34. The predicted molar refractivity (Wildman–Crippen MR) is 125 cm³/mol. The number of ether oxygens (including phenoxy) is 2. The van der Waals surface area contributed by atoms with Gasteiger partial charge in [-0.2, -0.15) is 0 Å². The number of hydrogen-bond donors (Lipinski definition) is 2. The van der Waals surface area contributed by atoms with E-state index in [1.54, 1.807) is 13.8 Å². The van der Waals surface area contributed by atoms with Crippen LogP contribution < -0.4 is 5.32 Å². The summed E-state index contributed by atoms with van der Waals surface area (Å²) in [5.74, 6) is -1.38. The fourth-order valence-corrected chi connectivity index (χ4v) is 4.87. The van der Waals surface area contributed by atoms with E-state index in [1.165, 1.54) is 12.0 Å². The molecule has 2 aliphatic rings. The van der Waals surface area contributed by atoms with Gasteiger partial charge in [0.2, 0.25) is 5.91 Å². The summed E-state index contributed by atoms with van der Waals surface area (Å²) < 4.78 is 10.8. The number of aliphatic carboxylic acids is 1. The molecule has 0 radical (unpaired) electrons. The molecule has 1 fully saturated rings. The van der Waals surface area contributed by atoms with Crippen LogP contribution >= 0.6 is 0 Å². The third-order valence-corrected chi connectivity index (χ3v) is 6.74. The second-order valence-electron chi connectivity index (χ2n) is 9.58. The molecule has 8 nitrogen and oxygen atoms in total. The Hall–Kier alpha value is -3.39. The van der Waals surface area contributed by atoms with Crippen molar-refractivity contribution < 1.29 is 29.0 Å². The highest BCUT2D eigenvalue weighted by Crippen LogP contribution is 2.44. The van der Waals surface area contributed by atoms with Crippen molar-refractivity contribution >= 4 is 18.0 Å². The Bertz CT molecular complexity index is 1070. The van der Waals surface area contributed by atoms with Gasteiger partial charge in [-0.05, 0) is 36.1 Å². The molecular formula is C26H30N2O6. The Morgan fingerprint density at radius 3 is 2.21 bits per heavy atom. The molecule has 1 saturated heterocycles. The summed E-state index contributed by atoms with van der Waals surface area (Å²) in [4.78, 5) is 38.4. The highest BCUT2D eigenvalue weighted by atomic mass is 16.5. The molecule has 8 heteroatoms. The molecule has 1 unspecified atom stereocenters. The molecule has 2 amide bonds. The Balaban J connectivity index is 1.34. The normalized spacial score (nSPS) is 19.4. The van der Waals surface area contributed by atoms with Crippen LogP contribution in [0.2, 0.25) is 0 Å². The summed E-state index contributed by atoms with van der Waals surface area (Å²) in [5.41, 5.74) is 2.30. The molecule has 0 aromatic heterocycles. The molecule has 34 heavy (non-hydrogen) atoms. The minimum absolute atomic E-state index is 0.0105. The minimum Gasteiger partial charge on any atom is -0.479 e. The summed E-state index contributed by atoms with van der Waals surface area (Å²) in [6, 6.07) is 16.2. The van der Waals surface area contributed by atoms with Crippen molar-refractivity contribution in [3.63, 3.8) is 0 Å². The fraction of sp³-hybridized carbons (Fsp3) is 0.423. The number of rotatable bonds is 7. The quantitative estimate of drug-likeness (QED) is 0.648. The summed E-state index contributed by atoms with van der Waals surface area (Å²) >= 11 is 0. The second-order valence-corrected chi connectivity index (χ2v) is 9.58. The number of alkyl carbamates (subject to hydrolysis) is 1. The van der Waals surface area contributed by atoms with Crippen molar-refractivity contribution in [3.8, 4) is 11.1 Å². The number of likely N-dealkylation sites (tertiary alicyclic amines) is 1. The van der Waals surface area contributed by atoms with Crippen molar-refractivity contribution in [2.24, 2.45) is 0 Å². The molecule has 1 aliphatic carbocycles. The molecule has 0 saturated carbocycles. The van der Waals surface area contributed by atoms with Gasteiger partial charge < -0.3 is 24.8 Å². The van der Waals surface area contributed by atoms with Crippen LogP contribution in [0.3, 0.4) is 0 Å². The van der Waals surface area contributed by atoms with Gasteiger partial charge in [0.1, 0.15) is 6.61 Å². The highest BCUT2D eigenvalue weighted by molar-refractivity contribution is 5.83. The minimum atomic E-state index is -1.37. The second kappa shape index (κ2) is 9.10. The lowest BCUT2D eigenvalue weighted by molar-refractivity contribution is -0.161. The van der Waals surface area contributed by atoms with E-state index >= 15 is 0 Å². The zero-order chi connectivity index (χ0) is 24.5. The first-order valence-electron chi connectivity index (χ1n) is 11.4. The maximum atomic E-state index is 12.8. The fourth-order valence-electron chi connectivity index (χ4n) is 4.87. The lowest BCUT2D eigenvalue weighted by Crippen LogP contribution is -2.49. The lowest BCUT2D eigenvalue weighted by atomic mass is 9.98. The first kappa shape index (κ1) is 23.8. The van der Waals surface area contributed by atoms with E-state index in [2.05, 4.69) is 29.6 Å². The number of nitrogens with one attached hydrogen (secondary N) is 1. The van der Waals surface area contributed by atoms with Gasteiger partial charge in [-0.15, -0.1) is 0 Å². The molecule has 0 spiro atoms. The number of benzene rings is 2. The van der Waals surface area contributed by atoms with E-state index < -0.39 is 23.2 Å². The zero-order valence-electron chi connectivity index (χ0n) is 19.7. The van der Waals surface area contributed by atoms with Gasteiger partial charge in [-0.25, -0.2) is 9.59 Å².